The zero-order chi connectivity index (χ0) is 19.5. The number of hydrogen-bond acceptors (Lipinski definition) is 5. The lowest BCUT2D eigenvalue weighted by atomic mass is 10.1. The van der Waals surface area contributed by atoms with E-state index in [4.69, 9.17) is 25.3 Å². The van der Waals surface area contributed by atoms with Crippen LogP contribution in [0.1, 0.15) is 11.7 Å². The number of nitrogens with zero attached hydrogens (tertiary/aromatic N) is 2. The molecule has 2 aromatic heterocycles. The van der Waals surface area contributed by atoms with Crippen molar-refractivity contribution in [2.24, 2.45) is 0 Å². The smallest absolute Gasteiger partial charge is 0.269 e. The van der Waals surface area contributed by atoms with Crippen molar-refractivity contribution >= 4 is 22.7 Å². The Morgan fingerprint density at radius 2 is 1.79 bits per heavy atom. The van der Waals surface area contributed by atoms with Crippen molar-refractivity contribution in [1.29, 1.82) is 0 Å². The second-order valence-electron chi connectivity index (χ2n) is 5.80. The third-order valence-electron chi connectivity index (χ3n) is 4.01. The predicted octanol–water partition coefficient (Wildman–Crippen LogP) is 5.88. The van der Waals surface area contributed by atoms with E-state index in [1.54, 1.807) is 43.5 Å². The minimum Gasteiger partial charge on any atom is -0.496 e. The van der Waals surface area contributed by atoms with E-state index in [-0.39, 0.29) is 16.7 Å². The Morgan fingerprint density at radius 3 is 2.57 bits per heavy atom. The fraction of sp³-hybridized carbons (Fsp3) is 0.0476. The molecule has 2 aromatic carbocycles. The van der Waals surface area contributed by atoms with E-state index in [9.17, 15) is 4.39 Å². The van der Waals surface area contributed by atoms with Gasteiger partial charge in [0.1, 0.15) is 28.1 Å². The van der Waals surface area contributed by atoms with Gasteiger partial charge in [0, 0.05) is 6.08 Å². The number of hydrogen-bond donors (Lipinski definition) is 0. The van der Waals surface area contributed by atoms with Gasteiger partial charge in [0.2, 0.25) is 5.82 Å². The summed E-state index contributed by atoms with van der Waals surface area (Å²) >= 11 is 6.30. The number of aromatic nitrogens is 2. The van der Waals surface area contributed by atoms with Crippen LogP contribution in [-0.4, -0.2) is 17.3 Å². The highest BCUT2D eigenvalue weighted by molar-refractivity contribution is 6.50. The largest absolute Gasteiger partial charge is 0.496 e. The van der Waals surface area contributed by atoms with Crippen molar-refractivity contribution in [2.45, 2.75) is 0 Å². The number of benzene rings is 2. The van der Waals surface area contributed by atoms with E-state index in [0.29, 0.717) is 34.2 Å². The Balaban J connectivity index is 1.61. The quantitative estimate of drug-likeness (QED) is 0.421. The fourth-order valence-corrected chi connectivity index (χ4v) is 2.87. The molecule has 0 atom stereocenters. The first-order valence-corrected chi connectivity index (χ1v) is 8.73. The molecule has 0 bridgehead atoms. The average Bonchev–Trinajstić information content (AvgIpc) is 3.38. The second kappa shape index (κ2) is 7.70. The number of rotatable bonds is 5. The first kappa shape index (κ1) is 18.0. The summed E-state index contributed by atoms with van der Waals surface area (Å²) in [6.45, 7) is 0. The summed E-state index contributed by atoms with van der Waals surface area (Å²) in [5, 5.41) is 4.15. The summed E-state index contributed by atoms with van der Waals surface area (Å²) in [5.74, 6) is 1.57. The number of furan rings is 1. The SMILES string of the molecule is COc1ccccc1-c1noc(/C(Cl)=C/c2ccc(-c3ccccc3F)o2)n1. The topological polar surface area (TPSA) is 61.3 Å². The first-order valence-electron chi connectivity index (χ1n) is 8.35. The van der Waals surface area contributed by atoms with Crippen LogP contribution < -0.4 is 4.74 Å². The maximum atomic E-state index is 13.9. The van der Waals surface area contributed by atoms with Gasteiger partial charge in [0.25, 0.3) is 5.89 Å². The molecule has 4 rings (SSSR count). The predicted molar refractivity (Wildman–Crippen MR) is 104 cm³/mol. The molecule has 0 aliphatic carbocycles. The molecule has 5 nitrogen and oxygen atoms in total. The van der Waals surface area contributed by atoms with Crippen molar-refractivity contribution in [3.8, 4) is 28.5 Å². The van der Waals surface area contributed by atoms with Gasteiger partial charge in [-0.25, -0.2) is 4.39 Å². The van der Waals surface area contributed by atoms with Crippen LogP contribution in [-0.2, 0) is 0 Å². The van der Waals surface area contributed by atoms with Crippen LogP contribution in [0.5, 0.6) is 5.75 Å². The average molecular weight is 397 g/mol. The summed E-state index contributed by atoms with van der Waals surface area (Å²) in [6, 6.07) is 17.0. The molecule has 7 heteroatoms. The summed E-state index contributed by atoms with van der Waals surface area (Å²) in [4.78, 5) is 4.30. The van der Waals surface area contributed by atoms with E-state index in [2.05, 4.69) is 10.1 Å². The van der Waals surface area contributed by atoms with Crippen LogP contribution in [0, 0.1) is 5.82 Å². The minimum atomic E-state index is -0.364. The highest BCUT2D eigenvalue weighted by atomic mass is 35.5. The minimum absolute atomic E-state index is 0.131. The van der Waals surface area contributed by atoms with Gasteiger partial charge in [0.05, 0.1) is 18.2 Å². The molecule has 0 aliphatic heterocycles. The number of ether oxygens (including phenoxy) is 1. The highest BCUT2D eigenvalue weighted by Crippen LogP contribution is 2.31. The van der Waals surface area contributed by atoms with Crippen molar-refractivity contribution in [2.75, 3.05) is 7.11 Å². The molecule has 2 heterocycles. The van der Waals surface area contributed by atoms with Crippen molar-refractivity contribution < 1.29 is 18.1 Å². The Morgan fingerprint density at radius 1 is 1.04 bits per heavy atom. The number of methoxy groups -OCH3 is 1. The summed E-state index contributed by atoms with van der Waals surface area (Å²) in [7, 11) is 1.57. The van der Waals surface area contributed by atoms with E-state index in [1.165, 1.54) is 12.1 Å². The fourth-order valence-electron chi connectivity index (χ4n) is 2.68. The summed E-state index contributed by atoms with van der Waals surface area (Å²) in [6.07, 6.45) is 1.53. The van der Waals surface area contributed by atoms with Gasteiger partial charge in [-0.1, -0.05) is 41.0 Å². The Labute approximate surface area is 165 Å². The van der Waals surface area contributed by atoms with Gasteiger partial charge in [-0.05, 0) is 36.4 Å². The molecular weight excluding hydrogens is 383 g/mol. The zero-order valence-corrected chi connectivity index (χ0v) is 15.5. The third-order valence-corrected chi connectivity index (χ3v) is 4.28. The van der Waals surface area contributed by atoms with Crippen molar-refractivity contribution in [3.05, 3.63) is 78.1 Å². The molecular formula is C21H14ClFN2O3. The molecule has 0 radical (unpaired) electrons. The Hall–Kier alpha value is -3.38. The molecule has 0 N–H and O–H groups in total. The van der Waals surface area contributed by atoms with Gasteiger partial charge < -0.3 is 13.7 Å². The Kier molecular flexibility index (Phi) is 4.95. The summed E-state index contributed by atoms with van der Waals surface area (Å²) < 4.78 is 30.1. The lowest BCUT2D eigenvalue weighted by Gasteiger charge is -2.02. The maximum Gasteiger partial charge on any atom is 0.269 e. The molecule has 0 saturated carbocycles. The Bertz CT molecular complexity index is 1150. The van der Waals surface area contributed by atoms with Crippen LogP contribution in [0.15, 0.2) is 69.6 Å². The highest BCUT2D eigenvalue weighted by Gasteiger charge is 2.15. The first-order chi connectivity index (χ1) is 13.7. The van der Waals surface area contributed by atoms with E-state index in [0.717, 1.165) is 0 Å². The molecule has 4 aromatic rings. The lowest BCUT2D eigenvalue weighted by Crippen LogP contribution is -1.88. The van der Waals surface area contributed by atoms with Gasteiger partial charge in [0.15, 0.2) is 0 Å². The maximum absolute atomic E-state index is 13.9. The van der Waals surface area contributed by atoms with Crippen LogP contribution in [0.25, 0.3) is 33.8 Å². The molecule has 0 amide bonds. The van der Waals surface area contributed by atoms with Crippen LogP contribution >= 0.6 is 11.6 Å². The van der Waals surface area contributed by atoms with E-state index < -0.39 is 0 Å². The lowest BCUT2D eigenvalue weighted by molar-refractivity contribution is 0.406. The second-order valence-corrected chi connectivity index (χ2v) is 6.20. The van der Waals surface area contributed by atoms with Crippen LogP contribution in [0.3, 0.4) is 0 Å². The van der Waals surface area contributed by atoms with Gasteiger partial charge >= 0.3 is 0 Å². The van der Waals surface area contributed by atoms with Crippen LogP contribution in [0.2, 0.25) is 0 Å². The number of para-hydroxylation sites is 1. The van der Waals surface area contributed by atoms with Gasteiger partial charge in [-0.2, -0.15) is 4.98 Å². The van der Waals surface area contributed by atoms with E-state index >= 15 is 0 Å². The standard InChI is InChI=1S/C21H14ClFN2O3/c1-26-18-9-5-3-7-15(18)20-24-21(28-25-20)16(22)12-13-10-11-19(27-13)14-6-2-4-8-17(14)23/h2-12H,1H3/b16-12-. The van der Waals surface area contributed by atoms with Crippen LogP contribution in [0.4, 0.5) is 4.39 Å². The molecule has 0 fully saturated rings. The van der Waals surface area contributed by atoms with Gasteiger partial charge in [-0.15, -0.1) is 0 Å². The van der Waals surface area contributed by atoms with E-state index in [1.807, 2.05) is 18.2 Å². The molecule has 28 heavy (non-hydrogen) atoms. The monoisotopic (exact) mass is 396 g/mol. The molecule has 0 spiro atoms. The zero-order valence-electron chi connectivity index (χ0n) is 14.7. The van der Waals surface area contributed by atoms with Gasteiger partial charge in [-0.3, -0.25) is 0 Å². The molecule has 0 aliphatic rings. The molecule has 140 valence electrons. The van der Waals surface area contributed by atoms with Crippen molar-refractivity contribution in [3.63, 3.8) is 0 Å². The normalized spacial score (nSPS) is 11.6. The number of halogens is 2. The third kappa shape index (κ3) is 3.54. The van der Waals surface area contributed by atoms with Crippen molar-refractivity contribution in [1.82, 2.24) is 10.1 Å². The molecule has 0 unspecified atom stereocenters. The molecule has 0 saturated heterocycles. The summed E-state index contributed by atoms with van der Waals surface area (Å²) in [5.41, 5.74) is 1.05.